The van der Waals surface area contributed by atoms with E-state index in [4.69, 9.17) is 0 Å². The van der Waals surface area contributed by atoms with Gasteiger partial charge in [0.05, 0.1) is 0 Å². The molecule has 0 saturated heterocycles. The molecule has 2 rings (SSSR count). The van der Waals surface area contributed by atoms with Crippen LogP contribution in [0.3, 0.4) is 0 Å². The van der Waals surface area contributed by atoms with E-state index in [2.05, 4.69) is 39.8 Å². The Labute approximate surface area is 108 Å². The van der Waals surface area contributed by atoms with E-state index in [0.29, 0.717) is 0 Å². The van der Waals surface area contributed by atoms with Crippen LogP contribution in [0.25, 0.3) is 5.82 Å². The molecule has 4 heteroatoms. The molecule has 2 aromatic heterocycles. The summed E-state index contributed by atoms with van der Waals surface area (Å²) in [6.45, 7) is 6.12. The van der Waals surface area contributed by atoms with Crippen LogP contribution in [0.15, 0.2) is 30.7 Å². The lowest BCUT2D eigenvalue weighted by molar-refractivity contribution is 0.723. The lowest BCUT2D eigenvalue weighted by Gasteiger charge is -2.08. The van der Waals surface area contributed by atoms with Crippen LogP contribution in [0.2, 0.25) is 0 Å². The van der Waals surface area contributed by atoms with Gasteiger partial charge < -0.3 is 5.32 Å². The zero-order valence-corrected chi connectivity index (χ0v) is 11.1. The fourth-order valence-electron chi connectivity index (χ4n) is 1.92. The van der Waals surface area contributed by atoms with E-state index in [0.717, 1.165) is 37.6 Å². The summed E-state index contributed by atoms with van der Waals surface area (Å²) in [7, 11) is 0. The summed E-state index contributed by atoms with van der Waals surface area (Å²) in [4.78, 5) is 8.81. The number of aromatic nitrogens is 3. The minimum absolute atomic E-state index is 0.879. The summed E-state index contributed by atoms with van der Waals surface area (Å²) < 4.78 is 2.07. The average molecular weight is 244 g/mol. The maximum Gasteiger partial charge on any atom is 0.138 e. The van der Waals surface area contributed by atoms with Gasteiger partial charge in [-0.25, -0.2) is 9.97 Å². The first-order valence-electron chi connectivity index (χ1n) is 6.53. The van der Waals surface area contributed by atoms with E-state index < -0.39 is 0 Å². The number of pyridine rings is 1. The minimum Gasteiger partial charge on any atom is -0.313 e. The number of aryl methyl sites for hydroxylation is 1. The Morgan fingerprint density at radius 1 is 1.22 bits per heavy atom. The zero-order valence-electron chi connectivity index (χ0n) is 11.1. The molecule has 0 amide bonds. The van der Waals surface area contributed by atoms with Crippen molar-refractivity contribution in [2.75, 3.05) is 6.54 Å². The van der Waals surface area contributed by atoms with Gasteiger partial charge in [-0.3, -0.25) is 4.57 Å². The Morgan fingerprint density at radius 2 is 2.11 bits per heavy atom. The van der Waals surface area contributed by atoms with E-state index in [-0.39, 0.29) is 0 Å². The van der Waals surface area contributed by atoms with Gasteiger partial charge in [-0.15, -0.1) is 0 Å². The second-order valence-electron chi connectivity index (χ2n) is 4.27. The third kappa shape index (κ3) is 2.96. The Kier molecular flexibility index (Phi) is 4.47. The Morgan fingerprint density at radius 3 is 2.89 bits per heavy atom. The van der Waals surface area contributed by atoms with Gasteiger partial charge in [0, 0.05) is 31.6 Å². The summed E-state index contributed by atoms with van der Waals surface area (Å²) in [5, 5.41) is 3.32. The highest BCUT2D eigenvalue weighted by molar-refractivity contribution is 5.29. The molecular formula is C14H20N4. The maximum absolute atomic E-state index is 4.43. The third-order valence-corrected chi connectivity index (χ3v) is 2.83. The van der Waals surface area contributed by atoms with Crippen LogP contribution in [0.5, 0.6) is 0 Å². The second-order valence-corrected chi connectivity index (χ2v) is 4.27. The van der Waals surface area contributed by atoms with Gasteiger partial charge in [0.1, 0.15) is 11.6 Å². The SMILES string of the molecule is CCCc1nccn1-c1cc(CNCC)ccn1. The monoisotopic (exact) mass is 244 g/mol. The summed E-state index contributed by atoms with van der Waals surface area (Å²) in [6, 6.07) is 4.16. The smallest absolute Gasteiger partial charge is 0.138 e. The summed E-state index contributed by atoms with van der Waals surface area (Å²) in [6.07, 6.45) is 7.74. The number of imidazole rings is 1. The molecule has 0 spiro atoms. The number of nitrogens with one attached hydrogen (secondary N) is 1. The molecule has 0 bridgehead atoms. The molecule has 1 N–H and O–H groups in total. The van der Waals surface area contributed by atoms with Crippen molar-refractivity contribution in [3.63, 3.8) is 0 Å². The van der Waals surface area contributed by atoms with Crippen molar-refractivity contribution >= 4 is 0 Å². The molecule has 0 aliphatic rings. The van der Waals surface area contributed by atoms with E-state index >= 15 is 0 Å². The largest absolute Gasteiger partial charge is 0.313 e. The highest BCUT2D eigenvalue weighted by Crippen LogP contribution is 2.11. The van der Waals surface area contributed by atoms with Gasteiger partial charge in [0.25, 0.3) is 0 Å². The van der Waals surface area contributed by atoms with E-state index in [1.54, 1.807) is 0 Å². The van der Waals surface area contributed by atoms with Gasteiger partial charge in [0.15, 0.2) is 0 Å². The zero-order chi connectivity index (χ0) is 12.8. The standard InChI is InChI=1S/C14H20N4/c1-3-5-13-17-8-9-18(13)14-10-12(6-7-16-14)11-15-4-2/h6-10,15H,3-5,11H2,1-2H3. The molecule has 0 saturated carbocycles. The predicted molar refractivity (Wildman–Crippen MR) is 72.7 cm³/mol. The highest BCUT2D eigenvalue weighted by Gasteiger charge is 2.05. The van der Waals surface area contributed by atoms with Crippen LogP contribution in [-0.4, -0.2) is 21.1 Å². The predicted octanol–water partition coefficient (Wildman–Crippen LogP) is 2.33. The highest BCUT2D eigenvalue weighted by atomic mass is 15.1. The molecule has 0 fully saturated rings. The van der Waals surface area contributed by atoms with Crippen molar-refractivity contribution < 1.29 is 0 Å². The summed E-state index contributed by atoms with van der Waals surface area (Å²) >= 11 is 0. The quantitative estimate of drug-likeness (QED) is 0.848. The van der Waals surface area contributed by atoms with Gasteiger partial charge in [0.2, 0.25) is 0 Å². The molecule has 96 valence electrons. The van der Waals surface area contributed by atoms with E-state index in [1.807, 2.05) is 24.7 Å². The fourth-order valence-corrected chi connectivity index (χ4v) is 1.92. The first kappa shape index (κ1) is 12.8. The molecule has 2 heterocycles. The number of rotatable bonds is 6. The summed E-state index contributed by atoms with van der Waals surface area (Å²) in [5.74, 6) is 2.02. The molecule has 0 atom stereocenters. The molecule has 0 aromatic carbocycles. The molecule has 0 aliphatic heterocycles. The van der Waals surface area contributed by atoms with Crippen LogP contribution >= 0.6 is 0 Å². The molecule has 2 aromatic rings. The topological polar surface area (TPSA) is 42.7 Å². The Hall–Kier alpha value is -1.68. The average Bonchev–Trinajstić information content (AvgIpc) is 2.85. The van der Waals surface area contributed by atoms with Crippen LogP contribution in [0, 0.1) is 0 Å². The number of hydrogen-bond acceptors (Lipinski definition) is 3. The fraction of sp³-hybridized carbons (Fsp3) is 0.429. The maximum atomic E-state index is 4.43. The van der Waals surface area contributed by atoms with Crippen LogP contribution in [-0.2, 0) is 13.0 Å². The van der Waals surface area contributed by atoms with Crippen LogP contribution in [0.4, 0.5) is 0 Å². The normalized spacial score (nSPS) is 10.8. The first-order chi connectivity index (χ1) is 8.85. The van der Waals surface area contributed by atoms with Crippen molar-refractivity contribution in [3.05, 3.63) is 42.1 Å². The van der Waals surface area contributed by atoms with Crippen molar-refractivity contribution in [1.82, 2.24) is 19.9 Å². The molecule has 18 heavy (non-hydrogen) atoms. The van der Waals surface area contributed by atoms with Gasteiger partial charge >= 0.3 is 0 Å². The van der Waals surface area contributed by atoms with Gasteiger partial charge in [-0.2, -0.15) is 0 Å². The number of hydrogen-bond donors (Lipinski definition) is 1. The van der Waals surface area contributed by atoms with Crippen LogP contribution < -0.4 is 5.32 Å². The second kappa shape index (κ2) is 6.31. The minimum atomic E-state index is 0.879. The molecular weight excluding hydrogens is 224 g/mol. The van der Waals surface area contributed by atoms with Crippen molar-refractivity contribution in [2.45, 2.75) is 33.2 Å². The number of nitrogens with zero attached hydrogens (tertiary/aromatic N) is 3. The summed E-state index contributed by atoms with van der Waals surface area (Å²) in [5.41, 5.74) is 1.25. The van der Waals surface area contributed by atoms with Crippen molar-refractivity contribution in [3.8, 4) is 5.82 Å². The lowest BCUT2D eigenvalue weighted by Crippen LogP contribution is -2.12. The Balaban J connectivity index is 2.24. The molecule has 0 aliphatic carbocycles. The van der Waals surface area contributed by atoms with Crippen LogP contribution in [0.1, 0.15) is 31.7 Å². The van der Waals surface area contributed by atoms with Gasteiger partial charge in [-0.05, 0) is 30.7 Å². The molecule has 4 nitrogen and oxygen atoms in total. The van der Waals surface area contributed by atoms with E-state index in [9.17, 15) is 0 Å². The first-order valence-corrected chi connectivity index (χ1v) is 6.53. The van der Waals surface area contributed by atoms with Gasteiger partial charge in [-0.1, -0.05) is 13.8 Å². The molecule has 0 unspecified atom stereocenters. The third-order valence-electron chi connectivity index (χ3n) is 2.83. The van der Waals surface area contributed by atoms with Crippen molar-refractivity contribution in [1.29, 1.82) is 0 Å². The lowest BCUT2D eigenvalue weighted by atomic mass is 10.2. The van der Waals surface area contributed by atoms with E-state index in [1.165, 1.54) is 5.56 Å². The molecule has 0 radical (unpaired) electrons. The Bertz CT molecular complexity index is 490. The van der Waals surface area contributed by atoms with Crippen molar-refractivity contribution in [2.24, 2.45) is 0 Å².